The van der Waals surface area contributed by atoms with Crippen molar-refractivity contribution in [1.82, 2.24) is 20.5 Å². The first-order chi connectivity index (χ1) is 12.2. The summed E-state index contributed by atoms with van der Waals surface area (Å²) in [5, 5.41) is 6.78. The highest BCUT2D eigenvalue weighted by atomic mass is 15.2. The standard InChI is InChI=1S/C20H35N5/c1-4-19-8-6-7-14-25(19)15-13-23-20(21-5-2)22-12-11-18-10-9-17(3)24-16-18/h9-10,16,19H,4-8,11-15H2,1-3H3,(H2,21,22,23). The summed E-state index contributed by atoms with van der Waals surface area (Å²) in [4.78, 5) is 11.7. The molecule has 0 bridgehead atoms. The first kappa shape index (κ1) is 19.7. The molecule has 2 rings (SSSR count). The van der Waals surface area contributed by atoms with Crippen LogP contribution in [-0.4, -0.2) is 54.6 Å². The van der Waals surface area contributed by atoms with Crippen LogP contribution in [0.2, 0.25) is 0 Å². The molecule has 0 aromatic carbocycles. The third kappa shape index (κ3) is 7.02. The molecule has 1 aliphatic rings. The Morgan fingerprint density at radius 3 is 2.88 bits per heavy atom. The summed E-state index contributed by atoms with van der Waals surface area (Å²) >= 11 is 0. The Balaban J connectivity index is 1.76. The second-order valence-corrected chi connectivity index (χ2v) is 6.84. The third-order valence-electron chi connectivity index (χ3n) is 4.90. The maximum Gasteiger partial charge on any atom is 0.191 e. The molecule has 5 nitrogen and oxygen atoms in total. The van der Waals surface area contributed by atoms with Crippen molar-refractivity contribution in [3.8, 4) is 0 Å². The maximum absolute atomic E-state index is 4.76. The Kier molecular flexibility index (Phi) is 8.73. The zero-order valence-electron chi connectivity index (χ0n) is 16.2. The fraction of sp³-hybridized carbons (Fsp3) is 0.700. The van der Waals surface area contributed by atoms with Gasteiger partial charge in [0.25, 0.3) is 0 Å². The van der Waals surface area contributed by atoms with E-state index in [0.29, 0.717) is 0 Å². The Morgan fingerprint density at radius 1 is 1.28 bits per heavy atom. The predicted molar refractivity (Wildman–Crippen MR) is 106 cm³/mol. The van der Waals surface area contributed by atoms with E-state index in [0.717, 1.165) is 50.3 Å². The van der Waals surface area contributed by atoms with Gasteiger partial charge in [-0.3, -0.25) is 14.9 Å². The summed E-state index contributed by atoms with van der Waals surface area (Å²) in [6.07, 6.45) is 8.25. The number of aromatic nitrogens is 1. The molecule has 1 unspecified atom stereocenters. The summed E-state index contributed by atoms with van der Waals surface area (Å²) in [6, 6.07) is 4.97. The molecule has 1 fully saturated rings. The molecule has 1 aromatic rings. The average Bonchev–Trinajstić information content (AvgIpc) is 2.64. The number of nitrogens with one attached hydrogen (secondary N) is 2. The molecule has 1 aliphatic heterocycles. The van der Waals surface area contributed by atoms with E-state index >= 15 is 0 Å². The highest BCUT2D eigenvalue weighted by Crippen LogP contribution is 2.18. The molecule has 0 radical (unpaired) electrons. The van der Waals surface area contributed by atoms with Crippen LogP contribution in [0.3, 0.4) is 0 Å². The van der Waals surface area contributed by atoms with Gasteiger partial charge in [0.05, 0.1) is 6.54 Å². The number of aryl methyl sites for hydroxylation is 1. The fourth-order valence-corrected chi connectivity index (χ4v) is 3.42. The monoisotopic (exact) mass is 345 g/mol. The molecule has 1 saturated heterocycles. The first-order valence-corrected chi connectivity index (χ1v) is 9.90. The molecule has 25 heavy (non-hydrogen) atoms. The minimum absolute atomic E-state index is 0.758. The van der Waals surface area contributed by atoms with Gasteiger partial charge in [0, 0.05) is 37.6 Å². The maximum atomic E-state index is 4.76. The van der Waals surface area contributed by atoms with Crippen molar-refractivity contribution in [2.45, 2.75) is 58.9 Å². The number of pyridine rings is 1. The lowest BCUT2D eigenvalue weighted by atomic mass is 10.0. The number of hydrogen-bond donors (Lipinski definition) is 2. The SMILES string of the molecule is CCNC(=NCCN1CCCCC1CC)NCCc1ccc(C)nc1. The van der Waals surface area contributed by atoms with Crippen molar-refractivity contribution in [2.75, 3.05) is 32.7 Å². The number of hydrogen-bond acceptors (Lipinski definition) is 3. The van der Waals surface area contributed by atoms with E-state index in [2.05, 4.69) is 46.5 Å². The second kappa shape index (κ2) is 11.1. The molecule has 2 N–H and O–H groups in total. The van der Waals surface area contributed by atoms with Crippen LogP contribution < -0.4 is 10.6 Å². The van der Waals surface area contributed by atoms with Crippen LogP contribution in [0.4, 0.5) is 0 Å². The Morgan fingerprint density at radius 2 is 2.16 bits per heavy atom. The van der Waals surface area contributed by atoms with Crippen molar-refractivity contribution in [2.24, 2.45) is 4.99 Å². The molecule has 0 spiro atoms. The molecule has 140 valence electrons. The van der Waals surface area contributed by atoms with Crippen LogP contribution >= 0.6 is 0 Å². The molecular formula is C20H35N5. The number of guanidine groups is 1. The van der Waals surface area contributed by atoms with Crippen molar-refractivity contribution >= 4 is 5.96 Å². The smallest absolute Gasteiger partial charge is 0.191 e. The van der Waals surface area contributed by atoms with Crippen LogP contribution in [0.1, 0.15) is 50.8 Å². The molecule has 1 atom stereocenters. The molecular weight excluding hydrogens is 310 g/mol. The Labute approximate surface area is 153 Å². The van der Waals surface area contributed by atoms with Crippen LogP contribution in [-0.2, 0) is 6.42 Å². The second-order valence-electron chi connectivity index (χ2n) is 6.84. The van der Waals surface area contributed by atoms with Gasteiger partial charge in [-0.15, -0.1) is 0 Å². The molecule has 5 heteroatoms. The normalized spacial score (nSPS) is 19.0. The van der Waals surface area contributed by atoms with Crippen molar-refractivity contribution in [1.29, 1.82) is 0 Å². The van der Waals surface area contributed by atoms with E-state index in [9.17, 15) is 0 Å². The summed E-state index contributed by atoms with van der Waals surface area (Å²) in [6.45, 7) is 11.4. The number of rotatable bonds is 8. The van der Waals surface area contributed by atoms with Crippen LogP contribution in [0.15, 0.2) is 23.3 Å². The van der Waals surface area contributed by atoms with E-state index in [-0.39, 0.29) is 0 Å². The van der Waals surface area contributed by atoms with Gasteiger partial charge in [-0.25, -0.2) is 0 Å². The fourth-order valence-electron chi connectivity index (χ4n) is 3.42. The summed E-state index contributed by atoms with van der Waals surface area (Å²) in [5.41, 5.74) is 2.32. The van der Waals surface area contributed by atoms with Gasteiger partial charge in [0.1, 0.15) is 0 Å². The predicted octanol–water partition coefficient (Wildman–Crippen LogP) is 2.75. The summed E-state index contributed by atoms with van der Waals surface area (Å²) in [7, 11) is 0. The van der Waals surface area contributed by atoms with Gasteiger partial charge >= 0.3 is 0 Å². The molecule has 0 amide bonds. The minimum Gasteiger partial charge on any atom is -0.357 e. The van der Waals surface area contributed by atoms with E-state index in [1.54, 1.807) is 0 Å². The quantitative estimate of drug-likeness (QED) is 0.562. The van der Waals surface area contributed by atoms with Gasteiger partial charge in [-0.05, 0) is 57.7 Å². The summed E-state index contributed by atoms with van der Waals surface area (Å²) in [5.74, 6) is 0.924. The van der Waals surface area contributed by atoms with Crippen LogP contribution in [0.5, 0.6) is 0 Å². The van der Waals surface area contributed by atoms with Gasteiger partial charge in [-0.2, -0.15) is 0 Å². The first-order valence-electron chi connectivity index (χ1n) is 9.90. The van der Waals surface area contributed by atoms with E-state index < -0.39 is 0 Å². The minimum atomic E-state index is 0.758. The Hall–Kier alpha value is -1.62. The van der Waals surface area contributed by atoms with E-state index in [1.807, 2.05) is 13.1 Å². The van der Waals surface area contributed by atoms with Gasteiger partial charge in [0.2, 0.25) is 0 Å². The highest BCUT2D eigenvalue weighted by Gasteiger charge is 2.19. The number of likely N-dealkylation sites (tertiary alicyclic amines) is 1. The van der Waals surface area contributed by atoms with E-state index in [4.69, 9.17) is 4.99 Å². The molecule has 1 aromatic heterocycles. The van der Waals surface area contributed by atoms with Crippen molar-refractivity contribution < 1.29 is 0 Å². The van der Waals surface area contributed by atoms with Crippen LogP contribution in [0.25, 0.3) is 0 Å². The van der Waals surface area contributed by atoms with Crippen molar-refractivity contribution in [3.05, 3.63) is 29.6 Å². The molecule has 2 heterocycles. The zero-order valence-corrected chi connectivity index (χ0v) is 16.2. The molecule has 0 aliphatic carbocycles. The van der Waals surface area contributed by atoms with Crippen molar-refractivity contribution in [3.63, 3.8) is 0 Å². The number of aliphatic imine (C=N–C) groups is 1. The number of nitrogens with zero attached hydrogens (tertiary/aromatic N) is 3. The lowest BCUT2D eigenvalue weighted by Gasteiger charge is -2.34. The number of piperidine rings is 1. The van der Waals surface area contributed by atoms with Crippen LogP contribution in [0, 0.1) is 6.92 Å². The topological polar surface area (TPSA) is 52.6 Å². The lowest BCUT2D eigenvalue weighted by Crippen LogP contribution is -2.42. The van der Waals surface area contributed by atoms with Gasteiger partial charge in [0.15, 0.2) is 5.96 Å². The lowest BCUT2D eigenvalue weighted by molar-refractivity contribution is 0.148. The van der Waals surface area contributed by atoms with Gasteiger partial charge in [-0.1, -0.05) is 19.4 Å². The highest BCUT2D eigenvalue weighted by molar-refractivity contribution is 5.79. The van der Waals surface area contributed by atoms with E-state index in [1.165, 1.54) is 37.8 Å². The zero-order chi connectivity index (χ0) is 17.9. The average molecular weight is 346 g/mol. The third-order valence-corrected chi connectivity index (χ3v) is 4.90. The summed E-state index contributed by atoms with van der Waals surface area (Å²) < 4.78 is 0. The Bertz CT molecular complexity index is 511. The van der Waals surface area contributed by atoms with Gasteiger partial charge < -0.3 is 10.6 Å². The molecule has 0 saturated carbocycles. The largest absolute Gasteiger partial charge is 0.357 e.